The number of benzene rings is 1. The van der Waals surface area contributed by atoms with Crippen LogP contribution >= 0.6 is 0 Å². The fourth-order valence-electron chi connectivity index (χ4n) is 3.24. The van der Waals surface area contributed by atoms with Gasteiger partial charge in [-0.25, -0.2) is 0 Å². The largest absolute Gasteiger partial charge is 0.376 e. The molecular formula is C19H25N3O2. The third-order valence-corrected chi connectivity index (χ3v) is 4.60. The fraction of sp³-hybridized carbons (Fsp3) is 0.474. The molecule has 0 spiro atoms. The van der Waals surface area contributed by atoms with E-state index in [9.17, 15) is 4.79 Å². The Balaban J connectivity index is 1.48. The Labute approximate surface area is 143 Å². The van der Waals surface area contributed by atoms with Gasteiger partial charge in [0.15, 0.2) is 0 Å². The summed E-state index contributed by atoms with van der Waals surface area (Å²) < 4.78 is 5.73. The van der Waals surface area contributed by atoms with Crippen LogP contribution in [-0.4, -0.2) is 40.7 Å². The molecule has 1 saturated heterocycles. The minimum absolute atomic E-state index is 0.116. The lowest BCUT2D eigenvalue weighted by Crippen LogP contribution is -2.42. The number of likely N-dealkylation sites (tertiary alicyclic amines) is 1. The molecule has 24 heavy (non-hydrogen) atoms. The van der Waals surface area contributed by atoms with Gasteiger partial charge in [-0.1, -0.05) is 37.3 Å². The van der Waals surface area contributed by atoms with Crippen molar-refractivity contribution in [1.82, 2.24) is 15.1 Å². The van der Waals surface area contributed by atoms with Gasteiger partial charge in [0, 0.05) is 30.9 Å². The summed E-state index contributed by atoms with van der Waals surface area (Å²) >= 11 is 0. The maximum Gasteiger partial charge on any atom is 0.227 e. The molecule has 0 bridgehead atoms. The molecule has 1 fully saturated rings. The van der Waals surface area contributed by atoms with Crippen LogP contribution in [0.3, 0.4) is 0 Å². The molecule has 5 heteroatoms. The van der Waals surface area contributed by atoms with Crippen molar-refractivity contribution >= 4 is 5.91 Å². The van der Waals surface area contributed by atoms with Gasteiger partial charge >= 0.3 is 0 Å². The number of carbonyl (C=O) groups is 1. The topological polar surface area (TPSA) is 58.2 Å². The van der Waals surface area contributed by atoms with Crippen molar-refractivity contribution in [2.45, 2.75) is 32.3 Å². The van der Waals surface area contributed by atoms with Crippen LogP contribution in [0.15, 0.2) is 42.6 Å². The van der Waals surface area contributed by atoms with Crippen molar-refractivity contribution in [2.24, 2.45) is 5.92 Å². The summed E-state index contributed by atoms with van der Waals surface area (Å²) in [5.41, 5.74) is 2.26. The van der Waals surface area contributed by atoms with E-state index >= 15 is 0 Å². The number of piperidine rings is 1. The number of H-pyrrole nitrogens is 1. The van der Waals surface area contributed by atoms with E-state index in [4.69, 9.17) is 4.74 Å². The Bertz CT molecular complexity index is 627. The van der Waals surface area contributed by atoms with Crippen LogP contribution in [-0.2, 0) is 16.1 Å². The van der Waals surface area contributed by atoms with E-state index in [1.54, 1.807) is 6.20 Å². The van der Waals surface area contributed by atoms with Crippen LogP contribution < -0.4 is 0 Å². The highest BCUT2D eigenvalue weighted by molar-refractivity contribution is 5.78. The number of hydrogen-bond donors (Lipinski definition) is 1. The molecule has 2 heterocycles. The standard InChI is InChI=1S/C19H25N3O2/c1-15(13-24-14-16-6-3-2-4-7-16)19(23)22-11-5-8-17(12-22)18-9-10-20-21-18/h2-4,6-7,9-10,15,17H,5,8,11-14H2,1H3,(H,20,21)/t15-,17+/m1/s1. The summed E-state index contributed by atoms with van der Waals surface area (Å²) in [6.07, 6.45) is 3.91. The van der Waals surface area contributed by atoms with Gasteiger partial charge in [0.25, 0.3) is 0 Å². The van der Waals surface area contributed by atoms with Gasteiger partial charge in [-0.2, -0.15) is 5.10 Å². The van der Waals surface area contributed by atoms with Crippen molar-refractivity contribution in [2.75, 3.05) is 19.7 Å². The molecule has 0 unspecified atom stereocenters. The molecule has 2 atom stereocenters. The summed E-state index contributed by atoms with van der Waals surface area (Å²) in [5.74, 6) is 0.434. The number of amides is 1. The summed E-state index contributed by atoms with van der Waals surface area (Å²) in [6.45, 7) is 4.57. The number of ether oxygens (including phenoxy) is 1. The molecule has 1 amide bonds. The summed E-state index contributed by atoms with van der Waals surface area (Å²) in [6, 6.07) is 12.1. The Morgan fingerprint density at radius 3 is 2.96 bits per heavy atom. The Hall–Kier alpha value is -2.14. The first-order valence-electron chi connectivity index (χ1n) is 8.64. The highest BCUT2D eigenvalue weighted by Crippen LogP contribution is 2.26. The monoisotopic (exact) mass is 327 g/mol. The number of aromatic amines is 1. The minimum atomic E-state index is -0.116. The normalized spacial score (nSPS) is 19.2. The number of carbonyl (C=O) groups excluding carboxylic acids is 1. The van der Waals surface area contributed by atoms with Crippen LogP contribution in [0, 0.1) is 5.92 Å². The molecule has 2 aromatic rings. The van der Waals surface area contributed by atoms with E-state index in [0.717, 1.165) is 37.2 Å². The first kappa shape index (κ1) is 16.7. The van der Waals surface area contributed by atoms with E-state index in [1.807, 2.05) is 48.2 Å². The SMILES string of the molecule is C[C@H](COCc1ccccc1)C(=O)N1CCC[C@H](c2ccn[nH]2)C1. The number of aromatic nitrogens is 2. The lowest BCUT2D eigenvalue weighted by Gasteiger charge is -2.33. The van der Waals surface area contributed by atoms with Crippen LogP contribution in [0.5, 0.6) is 0 Å². The van der Waals surface area contributed by atoms with Crippen molar-refractivity contribution in [3.8, 4) is 0 Å². The predicted octanol–water partition coefficient (Wildman–Crippen LogP) is 2.97. The Morgan fingerprint density at radius 2 is 2.21 bits per heavy atom. The summed E-state index contributed by atoms with van der Waals surface area (Å²) in [7, 11) is 0. The van der Waals surface area contributed by atoms with E-state index in [-0.39, 0.29) is 11.8 Å². The van der Waals surface area contributed by atoms with Crippen molar-refractivity contribution in [3.63, 3.8) is 0 Å². The molecule has 3 rings (SSSR count). The summed E-state index contributed by atoms with van der Waals surface area (Å²) in [4.78, 5) is 14.7. The molecule has 1 aliphatic rings. The fourth-order valence-corrected chi connectivity index (χ4v) is 3.24. The number of rotatable bonds is 6. The van der Waals surface area contributed by atoms with Crippen molar-refractivity contribution in [1.29, 1.82) is 0 Å². The Kier molecular flexibility index (Phi) is 5.64. The van der Waals surface area contributed by atoms with Crippen molar-refractivity contribution < 1.29 is 9.53 Å². The molecule has 1 aliphatic heterocycles. The maximum absolute atomic E-state index is 12.7. The van der Waals surface area contributed by atoms with Gasteiger partial charge in [0.1, 0.15) is 0 Å². The lowest BCUT2D eigenvalue weighted by molar-refractivity contribution is -0.138. The predicted molar refractivity (Wildman–Crippen MR) is 92.4 cm³/mol. The lowest BCUT2D eigenvalue weighted by atomic mass is 9.94. The average Bonchev–Trinajstić information content (AvgIpc) is 3.17. The van der Waals surface area contributed by atoms with E-state index in [1.165, 1.54) is 0 Å². The zero-order valence-electron chi connectivity index (χ0n) is 14.1. The summed E-state index contributed by atoms with van der Waals surface area (Å²) in [5, 5.41) is 7.06. The number of nitrogens with zero attached hydrogens (tertiary/aromatic N) is 2. The molecule has 0 radical (unpaired) electrons. The molecule has 128 valence electrons. The molecule has 1 aromatic carbocycles. The van der Waals surface area contributed by atoms with Crippen LogP contribution in [0.25, 0.3) is 0 Å². The quantitative estimate of drug-likeness (QED) is 0.887. The van der Waals surface area contributed by atoms with Gasteiger partial charge in [-0.3, -0.25) is 9.89 Å². The van der Waals surface area contributed by atoms with Gasteiger partial charge in [0.05, 0.1) is 19.1 Å². The van der Waals surface area contributed by atoms with Crippen LogP contribution in [0.2, 0.25) is 0 Å². The Morgan fingerprint density at radius 1 is 1.38 bits per heavy atom. The second-order valence-corrected chi connectivity index (χ2v) is 6.54. The first-order chi connectivity index (χ1) is 11.7. The second-order valence-electron chi connectivity index (χ2n) is 6.54. The molecule has 0 saturated carbocycles. The van der Waals surface area contributed by atoms with Crippen LogP contribution in [0.4, 0.5) is 0 Å². The van der Waals surface area contributed by atoms with Crippen LogP contribution in [0.1, 0.15) is 36.9 Å². The van der Waals surface area contributed by atoms with E-state index in [0.29, 0.717) is 19.1 Å². The number of hydrogen-bond acceptors (Lipinski definition) is 3. The average molecular weight is 327 g/mol. The van der Waals surface area contributed by atoms with Gasteiger partial charge in [-0.15, -0.1) is 0 Å². The highest BCUT2D eigenvalue weighted by Gasteiger charge is 2.28. The van der Waals surface area contributed by atoms with Gasteiger partial charge in [0.2, 0.25) is 5.91 Å². The zero-order chi connectivity index (χ0) is 16.8. The van der Waals surface area contributed by atoms with Crippen molar-refractivity contribution in [3.05, 3.63) is 53.9 Å². The van der Waals surface area contributed by atoms with Gasteiger partial charge in [-0.05, 0) is 24.5 Å². The third-order valence-electron chi connectivity index (χ3n) is 4.60. The molecular weight excluding hydrogens is 302 g/mol. The van der Waals surface area contributed by atoms with E-state index in [2.05, 4.69) is 10.2 Å². The first-order valence-corrected chi connectivity index (χ1v) is 8.64. The van der Waals surface area contributed by atoms with E-state index < -0.39 is 0 Å². The zero-order valence-corrected chi connectivity index (χ0v) is 14.1. The number of nitrogens with one attached hydrogen (secondary N) is 1. The molecule has 1 aromatic heterocycles. The second kappa shape index (κ2) is 8.11. The van der Waals surface area contributed by atoms with Gasteiger partial charge < -0.3 is 9.64 Å². The third kappa shape index (κ3) is 4.23. The molecule has 5 nitrogen and oxygen atoms in total. The maximum atomic E-state index is 12.7. The smallest absolute Gasteiger partial charge is 0.227 e. The molecule has 1 N–H and O–H groups in total. The highest BCUT2D eigenvalue weighted by atomic mass is 16.5. The minimum Gasteiger partial charge on any atom is -0.376 e. The molecule has 0 aliphatic carbocycles.